The second-order valence-corrected chi connectivity index (χ2v) is 6.94. The van der Waals surface area contributed by atoms with Crippen molar-refractivity contribution in [1.82, 2.24) is 4.90 Å². The molecule has 0 aromatic heterocycles. The van der Waals surface area contributed by atoms with E-state index in [1.807, 2.05) is 30.0 Å². The number of likely N-dealkylation sites (tertiary alicyclic amines) is 1. The van der Waals surface area contributed by atoms with Crippen molar-refractivity contribution < 1.29 is 23.7 Å². The predicted molar refractivity (Wildman–Crippen MR) is 96.6 cm³/mol. The number of carbonyl (C=O) groups excluding carboxylic acids is 1. The summed E-state index contributed by atoms with van der Waals surface area (Å²) in [6.07, 6.45) is 0. The summed E-state index contributed by atoms with van der Waals surface area (Å²) in [6, 6.07) is 5.74. The molecule has 0 radical (unpaired) electrons. The Morgan fingerprint density at radius 2 is 2.00 bits per heavy atom. The van der Waals surface area contributed by atoms with Gasteiger partial charge >= 0.3 is 0 Å². The van der Waals surface area contributed by atoms with E-state index in [0.717, 1.165) is 21.5 Å². The van der Waals surface area contributed by atoms with Gasteiger partial charge in [-0.15, -0.1) is 0 Å². The Morgan fingerprint density at radius 3 is 2.58 bits per heavy atom. The van der Waals surface area contributed by atoms with Crippen molar-refractivity contribution in [3.8, 4) is 11.5 Å². The molecular formula is C17H22INO5. The Balaban J connectivity index is 1.78. The number of rotatable bonds is 6. The fraction of sp³-hybridized carbons (Fsp3) is 0.588. The van der Waals surface area contributed by atoms with E-state index in [1.54, 1.807) is 14.2 Å². The first kappa shape index (κ1) is 17.8. The monoisotopic (exact) mass is 447 g/mol. The van der Waals surface area contributed by atoms with E-state index >= 15 is 0 Å². The lowest BCUT2D eigenvalue weighted by Gasteiger charge is -2.51. The van der Waals surface area contributed by atoms with Gasteiger partial charge in [0.05, 0.1) is 33.5 Å². The van der Waals surface area contributed by atoms with Crippen LogP contribution in [0.15, 0.2) is 18.2 Å². The maximum atomic E-state index is 12.7. The maximum absolute atomic E-state index is 12.7. The van der Waals surface area contributed by atoms with E-state index in [2.05, 4.69) is 22.6 Å². The zero-order valence-electron chi connectivity index (χ0n) is 14.1. The molecule has 2 heterocycles. The Hall–Kier alpha value is -1.06. The number of halogens is 1. The lowest BCUT2D eigenvalue weighted by atomic mass is 9.81. The summed E-state index contributed by atoms with van der Waals surface area (Å²) in [4.78, 5) is 14.6. The highest BCUT2D eigenvalue weighted by Gasteiger charge is 2.58. The largest absolute Gasteiger partial charge is 0.497 e. The van der Waals surface area contributed by atoms with E-state index in [-0.39, 0.29) is 17.9 Å². The van der Waals surface area contributed by atoms with E-state index in [4.69, 9.17) is 18.9 Å². The first-order valence-electron chi connectivity index (χ1n) is 7.89. The second kappa shape index (κ2) is 7.05. The smallest absolute Gasteiger partial charge is 0.233 e. The normalized spacial score (nSPS) is 25.5. The molecule has 24 heavy (non-hydrogen) atoms. The van der Waals surface area contributed by atoms with Crippen LogP contribution in [0.25, 0.3) is 0 Å². The molecule has 2 aliphatic rings. The molecule has 0 aliphatic carbocycles. The Morgan fingerprint density at radius 1 is 1.29 bits per heavy atom. The van der Waals surface area contributed by atoms with Crippen molar-refractivity contribution in [2.24, 2.45) is 5.92 Å². The number of nitrogens with zero attached hydrogens (tertiary/aromatic N) is 1. The van der Waals surface area contributed by atoms with Crippen molar-refractivity contribution >= 4 is 28.5 Å². The summed E-state index contributed by atoms with van der Waals surface area (Å²) in [5.41, 5.74) is 0.957. The maximum Gasteiger partial charge on any atom is 0.233 e. The molecular weight excluding hydrogens is 425 g/mol. The minimum Gasteiger partial charge on any atom is -0.497 e. The molecule has 2 saturated heterocycles. The standard InChI is InChI=1S/C17H22INO5/c1-17(23-6-7-24-17)15-13(9-18)19(16(15)20)10-11-4-5-12(21-2)8-14(11)22-3/h4-5,8,13,15H,6-7,9-10H2,1-3H3/t13-,15-/m0/s1. The molecule has 6 nitrogen and oxygen atoms in total. The quantitative estimate of drug-likeness (QED) is 0.381. The van der Waals surface area contributed by atoms with Gasteiger partial charge < -0.3 is 23.8 Å². The number of carbonyl (C=O) groups is 1. The number of benzene rings is 1. The van der Waals surface area contributed by atoms with Crippen LogP contribution < -0.4 is 9.47 Å². The van der Waals surface area contributed by atoms with Crippen LogP contribution in [0.5, 0.6) is 11.5 Å². The topological polar surface area (TPSA) is 57.2 Å². The SMILES string of the molecule is COc1ccc(CN2C(=O)[C@@H](C3(C)OCCO3)[C@@H]2CI)c(OC)c1. The Kier molecular flexibility index (Phi) is 5.22. The van der Waals surface area contributed by atoms with Crippen LogP contribution in [0.3, 0.4) is 0 Å². The average Bonchev–Trinajstić information content (AvgIpc) is 3.03. The van der Waals surface area contributed by atoms with E-state index in [9.17, 15) is 4.79 Å². The van der Waals surface area contributed by atoms with Gasteiger partial charge in [0.1, 0.15) is 17.4 Å². The minimum absolute atomic E-state index is 0.0685. The molecule has 2 fully saturated rings. The molecule has 0 N–H and O–H groups in total. The van der Waals surface area contributed by atoms with Gasteiger partial charge in [0.2, 0.25) is 5.91 Å². The molecule has 1 amide bonds. The molecule has 2 aliphatic heterocycles. The third-order valence-corrected chi connectivity index (χ3v) is 5.66. The summed E-state index contributed by atoms with van der Waals surface area (Å²) >= 11 is 2.31. The van der Waals surface area contributed by atoms with Crippen molar-refractivity contribution in [2.45, 2.75) is 25.3 Å². The fourth-order valence-electron chi connectivity index (χ4n) is 3.42. The number of hydrogen-bond donors (Lipinski definition) is 0. The second-order valence-electron chi connectivity index (χ2n) is 6.06. The third kappa shape index (κ3) is 2.97. The molecule has 3 rings (SSSR count). The number of alkyl halides is 1. The van der Waals surface area contributed by atoms with E-state index in [0.29, 0.717) is 19.8 Å². The van der Waals surface area contributed by atoms with E-state index < -0.39 is 5.79 Å². The number of methoxy groups -OCH3 is 2. The molecule has 7 heteroatoms. The first-order valence-corrected chi connectivity index (χ1v) is 9.42. The molecule has 0 saturated carbocycles. The molecule has 0 spiro atoms. The Labute approximate surface area is 155 Å². The summed E-state index contributed by atoms with van der Waals surface area (Å²) in [5.74, 6) is 0.472. The average molecular weight is 447 g/mol. The van der Waals surface area contributed by atoms with Crippen LogP contribution in [-0.4, -0.2) is 54.5 Å². The van der Waals surface area contributed by atoms with Crippen LogP contribution in [0.4, 0.5) is 0 Å². The fourth-order valence-corrected chi connectivity index (χ4v) is 4.41. The van der Waals surface area contributed by atoms with Crippen LogP contribution in [-0.2, 0) is 20.8 Å². The number of ether oxygens (including phenoxy) is 4. The third-order valence-electron chi connectivity index (χ3n) is 4.75. The Bertz CT molecular complexity index is 617. The van der Waals surface area contributed by atoms with Crippen LogP contribution >= 0.6 is 22.6 Å². The van der Waals surface area contributed by atoms with Crippen LogP contribution in [0.1, 0.15) is 12.5 Å². The van der Waals surface area contributed by atoms with Gasteiger partial charge in [0, 0.05) is 22.6 Å². The predicted octanol–water partition coefficient (Wildman–Crippen LogP) is 2.23. The highest BCUT2D eigenvalue weighted by Crippen LogP contribution is 2.42. The first-order chi connectivity index (χ1) is 11.5. The van der Waals surface area contributed by atoms with Crippen molar-refractivity contribution in [3.05, 3.63) is 23.8 Å². The van der Waals surface area contributed by atoms with Gasteiger partial charge in [0.25, 0.3) is 0 Å². The lowest BCUT2D eigenvalue weighted by molar-refractivity contribution is -0.226. The molecule has 0 unspecified atom stereocenters. The summed E-state index contributed by atoms with van der Waals surface area (Å²) < 4.78 is 22.9. The van der Waals surface area contributed by atoms with Gasteiger partial charge in [-0.25, -0.2) is 0 Å². The van der Waals surface area contributed by atoms with Crippen molar-refractivity contribution in [2.75, 3.05) is 31.9 Å². The zero-order valence-corrected chi connectivity index (χ0v) is 16.2. The van der Waals surface area contributed by atoms with Gasteiger partial charge in [-0.2, -0.15) is 0 Å². The molecule has 1 aromatic rings. The van der Waals surface area contributed by atoms with Gasteiger partial charge in [-0.1, -0.05) is 22.6 Å². The highest BCUT2D eigenvalue weighted by atomic mass is 127. The van der Waals surface area contributed by atoms with Crippen LogP contribution in [0, 0.1) is 5.92 Å². The molecule has 2 atom stereocenters. The number of hydrogen-bond acceptors (Lipinski definition) is 5. The summed E-state index contributed by atoms with van der Waals surface area (Å²) in [7, 11) is 3.24. The van der Waals surface area contributed by atoms with Gasteiger partial charge in [0.15, 0.2) is 5.79 Å². The zero-order chi connectivity index (χ0) is 17.3. The number of β-lactam (4-membered cyclic amide) rings is 1. The number of amides is 1. The van der Waals surface area contributed by atoms with Gasteiger partial charge in [-0.05, 0) is 19.1 Å². The minimum atomic E-state index is -0.798. The van der Waals surface area contributed by atoms with E-state index in [1.165, 1.54) is 0 Å². The van der Waals surface area contributed by atoms with Crippen molar-refractivity contribution in [3.63, 3.8) is 0 Å². The summed E-state index contributed by atoms with van der Waals surface area (Å²) in [6.45, 7) is 3.46. The molecule has 1 aromatic carbocycles. The lowest BCUT2D eigenvalue weighted by Crippen LogP contribution is -2.68. The highest BCUT2D eigenvalue weighted by molar-refractivity contribution is 14.1. The van der Waals surface area contributed by atoms with Gasteiger partial charge in [-0.3, -0.25) is 4.79 Å². The van der Waals surface area contributed by atoms with Crippen molar-refractivity contribution in [1.29, 1.82) is 0 Å². The van der Waals surface area contributed by atoms with Crippen LogP contribution in [0.2, 0.25) is 0 Å². The molecule has 132 valence electrons. The molecule has 0 bridgehead atoms. The summed E-state index contributed by atoms with van der Waals surface area (Å²) in [5, 5.41) is 0.